The third-order valence-electron chi connectivity index (χ3n) is 3.79. The average Bonchev–Trinajstić information content (AvgIpc) is 2.52. The fraction of sp³-hybridized carbons (Fsp3) is 0.333. The first-order valence-corrected chi connectivity index (χ1v) is 7.64. The number of carboxylic acids is 1. The number of pyridine rings is 1. The average molecular weight is 315 g/mol. The number of aromatic nitrogens is 1. The van der Waals surface area contributed by atoms with Crippen molar-refractivity contribution in [1.29, 1.82) is 0 Å². The predicted molar refractivity (Wildman–Crippen MR) is 88.4 cm³/mol. The van der Waals surface area contributed by atoms with Crippen LogP contribution in [0.3, 0.4) is 0 Å². The minimum atomic E-state index is -1.20. The monoisotopic (exact) mass is 315 g/mol. The molecule has 2 rings (SSSR count). The number of hydrogen-bond acceptors (Lipinski definition) is 3. The van der Waals surface area contributed by atoms with E-state index in [1.165, 1.54) is 4.57 Å². The quantitative estimate of drug-likeness (QED) is 0.888. The van der Waals surface area contributed by atoms with Crippen molar-refractivity contribution < 1.29 is 14.6 Å². The number of para-hydroxylation sites is 1. The molecule has 0 aliphatic rings. The van der Waals surface area contributed by atoms with Gasteiger partial charge in [-0.15, -0.1) is 0 Å². The summed E-state index contributed by atoms with van der Waals surface area (Å²) >= 11 is 0. The normalized spacial score (nSPS) is 12.0. The summed E-state index contributed by atoms with van der Waals surface area (Å²) in [6.07, 6.45) is 2.52. The molecule has 0 aliphatic carbocycles. The van der Waals surface area contributed by atoms with Crippen molar-refractivity contribution in [2.75, 3.05) is 6.61 Å². The maximum Gasteiger partial charge on any atom is 0.341 e. The van der Waals surface area contributed by atoms with E-state index in [4.69, 9.17) is 4.74 Å². The fourth-order valence-electron chi connectivity index (χ4n) is 2.53. The fourth-order valence-corrected chi connectivity index (χ4v) is 2.53. The molecule has 1 N–H and O–H groups in total. The van der Waals surface area contributed by atoms with Crippen LogP contribution in [-0.4, -0.2) is 22.2 Å². The number of ether oxygens (including phenoxy) is 1. The van der Waals surface area contributed by atoms with Crippen LogP contribution in [-0.2, 0) is 0 Å². The van der Waals surface area contributed by atoms with E-state index in [9.17, 15) is 14.7 Å². The minimum Gasteiger partial charge on any atom is -0.493 e. The van der Waals surface area contributed by atoms with Crippen molar-refractivity contribution in [2.24, 2.45) is 0 Å². The lowest BCUT2D eigenvalue weighted by Gasteiger charge is -2.20. The lowest BCUT2D eigenvalue weighted by molar-refractivity contribution is 0.0693. The van der Waals surface area contributed by atoms with E-state index in [0.717, 1.165) is 12.0 Å². The highest BCUT2D eigenvalue weighted by Gasteiger charge is 2.19. The molecule has 2 aromatic rings. The third kappa shape index (κ3) is 3.44. The van der Waals surface area contributed by atoms with Crippen molar-refractivity contribution in [1.82, 2.24) is 4.57 Å². The van der Waals surface area contributed by atoms with Gasteiger partial charge >= 0.3 is 5.97 Å². The summed E-state index contributed by atoms with van der Waals surface area (Å²) < 4.78 is 7.17. The Bertz CT molecular complexity index is 764. The standard InChI is InChI=1S/C18H21NO4/c1-4-11-23-15-8-6-5-7-14(15)13(3)19-10-9-12(2)16(17(19)20)18(21)22/h5-10,13H,4,11H2,1-3H3,(H,21,22). The Balaban J connectivity index is 2.50. The summed E-state index contributed by atoms with van der Waals surface area (Å²) in [5, 5.41) is 9.26. The van der Waals surface area contributed by atoms with Gasteiger partial charge in [-0.3, -0.25) is 4.79 Å². The molecule has 5 nitrogen and oxygen atoms in total. The van der Waals surface area contributed by atoms with Gasteiger partial charge in [-0.1, -0.05) is 25.1 Å². The molecule has 0 saturated heterocycles. The van der Waals surface area contributed by atoms with Crippen LogP contribution in [0.15, 0.2) is 41.3 Å². The highest BCUT2D eigenvalue weighted by Crippen LogP contribution is 2.27. The van der Waals surface area contributed by atoms with Gasteiger partial charge < -0.3 is 14.4 Å². The summed E-state index contributed by atoms with van der Waals surface area (Å²) in [6.45, 7) is 6.09. The Labute approximate surface area is 135 Å². The molecule has 5 heteroatoms. The predicted octanol–water partition coefficient (Wildman–Crippen LogP) is 3.25. The highest BCUT2D eigenvalue weighted by atomic mass is 16.5. The first-order chi connectivity index (χ1) is 11.0. The van der Waals surface area contributed by atoms with Crippen LogP contribution >= 0.6 is 0 Å². The zero-order valence-corrected chi connectivity index (χ0v) is 13.6. The van der Waals surface area contributed by atoms with Crippen LogP contribution in [0.5, 0.6) is 5.75 Å². The molecule has 1 aromatic heterocycles. The Morgan fingerprint density at radius 2 is 2.00 bits per heavy atom. The molecule has 122 valence electrons. The highest BCUT2D eigenvalue weighted by molar-refractivity contribution is 5.88. The Kier molecular flexibility index (Phi) is 5.21. The number of rotatable bonds is 6. The molecule has 0 radical (unpaired) electrons. The van der Waals surface area contributed by atoms with E-state index in [-0.39, 0.29) is 11.6 Å². The molecule has 0 spiro atoms. The molecule has 0 fully saturated rings. The molecular weight excluding hydrogens is 294 g/mol. The second kappa shape index (κ2) is 7.13. The van der Waals surface area contributed by atoms with Gasteiger partial charge in [0.05, 0.1) is 12.6 Å². The maximum absolute atomic E-state index is 12.5. The molecule has 0 bridgehead atoms. The first-order valence-electron chi connectivity index (χ1n) is 7.64. The van der Waals surface area contributed by atoms with Crippen molar-refractivity contribution in [3.05, 3.63) is 63.6 Å². The van der Waals surface area contributed by atoms with E-state index in [1.54, 1.807) is 19.2 Å². The molecule has 0 aliphatic heterocycles. The van der Waals surface area contributed by atoms with Gasteiger partial charge in [-0.05, 0) is 38.0 Å². The summed E-state index contributed by atoms with van der Waals surface area (Å²) in [5.74, 6) is -0.490. The summed E-state index contributed by atoms with van der Waals surface area (Å²) in [5.41, 5.74) is 0.617. The van der Waals surface area contributed by atoms with E-state index < -0.39 is 11.5 Å². The molecule has 0 saturated carbocycles. The molecule has 1 atom stereocenters. The number of benzene rings is 1. The first kappa shape index (κ1) is 16.8. The molecule has 1 heterocycles. The van der Waals surface area contributed by atoms with Crippen molar-refractivity contribution >= 4 is 5.97 Å². The van der Waals surface area contributed by atoms with Gasteiger partial charge in [0.2, 0.25) is 0 Å². The van der Waals surface area contributed by atoms with Crippen LogP contribution in [0.1, 0.15) is 47.8 Å². The summed E-state index contributed by atoms with van der Waals surface area (Å²) in [4.78, 5) is 23.8. The minimum absolute atomic E-state index is 0.189. The van der Waals surface area contributed by atoms with Crippen LogP contribution in [0.2, 0.25) is 0 Å². The van der Waals surface area contributed by atoms with E-state index >= 15 is 0 Å². The largest absolute Gasteiger partial charge is 0.493 e. The van der Waals surface area contributed by atoms with E-state index in [0.29, 0.717) is 17.9 Å². The Hall–Kier alpha value is -2.56. The summed E-state index contributed by atoms with van der Waals surface area (Å²) in [6, 6.07) is 8.83. The van der Waals surface area contributed by atoms with E-state index in [2.05, 4.69) is 0 Å². The Morgan fingerprint density at radius 3 is 2.65 bits per heavy atom. The molecule has 1 aromatic carbocycles. The zero-order chi connectivity index (χ0) is 17.0. The van der Waals surface area contributed by atoms with Gasteiger partial charge in [0, 0.05) is 11.8 Å². The van der Waals surface area contributed by atoms with Crippen LogP contribution in [0, 0.1) is 6.92 Å². The van der Waals surface area contributed by atoms with Gasteiger partial charge in [-0.2, -0.15) is 0 Å². The SMILES string of the molecule is CCCOc1ccccc1C(C)n1ccc(C)c(C(=O)O)c1=O. The molecule has 1 unspecified atom stereocenters. The lowest BCUT2D eigenvalue weighted by atomic mass is 10.1. The maximum atomic E-state index is 12.5. The van der Waals surface area contributed by atoms with E-state index in [1.807, 2.05) is 38.1 Å². The number of aromatic carboxylic acids is 1. The third-order valence-corrected chi connectivity index (χ3v) is 3.79. The zero-order valence-electron chi connectivity index (χ0n) is 13.6. The molecule has 0 amide bonds. The van der Waals surface area contributed by atoms with Gasteiger partial charge in [0.1, 0.15) is 11.3 Å². The van der Waals surface area contributed by atoms with Crippen molar-refractivity contribution in [2.45, 2.75) is 33.2 Å². The van der Waals surface area contributed by atoms with Crippen molar-refractivity contribution in [3.8, 4) is 5.75 Å². The number of carbonyl (C=O) groups is 1. The lowest BCUT2D eigenvalue weighted by Crippen LogP contribution is -2.29. The van der Waals surface area contributed by atoms with Crippen LogP contribution < -0.4 is 10.3 Å². The van der Waals surface area contributed by atoms with Crippen LogP contribution in [0.4, 0.5) is 0 Å². The second-order valence-corrected chi connectivity index (χ2v) is 5.45. The van der Waals surface area contributed by atoms with Crippen LogP contribution in [0.25, 0.3) is 0 Å². The topological polar surface area (TPSA) is 68.5 Å². The molecule has 23 heavy (non-hydrogen) atoms. The number of hydrogen-bond donors (Lipinski definition) is 1. The number of carboxylic acid groups (broad SMARTS) is 1. The van der Waals surface area contributed by atoms with Crippen molar-refractivity contribution in [3.63, 3.8) is 0 Å². The number of nitrogens with zero attached hydrogens (tertiary/aromatic N) is 1. The van der Waals surface area contributed by atoms with Gasteiger partial charge in [-0.25, -0.2) is 4.79 Å². The smallest absolute Gasteiger partial charge is 0.341 e. The second-order valence-electron chi connectivity index (χ2n) is 5.45. The van der Waals surface area contributed by atoms with Gasteiger partial charge in [0.25, 0.3) is 5.56 Å². The summed E-state index contributed by atoms with van der Waals surface area (Å²) in [7, 11) is 0. The van der Waals surface area contributed by atoms with Gasteiger partial charge in [0.15, 0.2) is 0 Å². The number of aryl methyl sites for hydroxylation is 1. The molecular formula is C18H21NO4. The Morgan fingerprint density at radius 1 is 1.30 bits per heavy atom.